The molecule has 0 aromatic heterocycles. The number of carbonyl (C=O) groups excluding carboxylic acids is 2. The summed E-state index contributed by atoms with van der Waals surface area (Å²) >= 11 is 0. The Balaban J connectivity index is 2.05. The number of esters is 1. The van der Waals surface area contributed by atoms with Crippen molar-refractivity contribution in [1.29, 1.82) is 0 Å². The predicted octanol–water partition coefficient (Wildman–Crippen LogP) is 12.8. The van der Waals surface area contributed by atoms with Gasteiger partial charge in [0.2, 0.25) is 0 Å². The summed E-state index contributed by atoms with van der Waals surface area (Å²) in [5.41, 5.74) is 0.276. The van der Waals surface area contributed by atoms with E-state index in [0.29, 0.717) is 32.4 Å². The SMILES string of the molecule is CC[C@H](O[Si](CC)(CC)CC)[C@@H](C)[C@H]1O[C@H]1[C@@](C)(OC)[C@@](C)(/C=C/C(C)=C(\C)[C@H]1C/C=C/[C@H](OC(=O)N2CCN(C)CC2)CCC[C@@H](O[Si](CC)(CC)CC)CC(=O)O1)O[Si](CC)(CC)CC. The summed E-state index contributed by atoms with van der Waals surface area (Å²) in [7, 11) is -2.20. The van der Waals surface area contributed by atoms with Crippen LogP contribution in [0.1, 0.15) is 142 Å². The summed E-state index contributed by atoms with van der Waals surface area (Å²) in [6.45, 7) is 36.4. The lowest BCUT2D eigenvalue weighted by atomic mass is 9.79. The highest BCUT2D eigenvalue weighted by Gasteiger charge is 2.64. The van der Waals surface area contributed by atoms with E-state index in [2.05, 4.69) is 128 Å². The Hall–Kier alpha value is -1.63. The van der Waals surface area contributed by atoms with Crippen molar-refractivity contribution in [3.63, 3.8) is 0 Å². The molecule has 14 heteroatoms. The van der Waals surface area contributed by atoms with Crippen LogP contribution < -0.4 is 0 Å². The fourth-order valence-electron chi connectivity index (χ4n) is 10.6. The van der Waals surface area contributed by atoms with Gasteiger partial charge in [0.1, 0.15) is 29.5 Å². The normalized spacial score (nSPS) is 26.6. The molecule has 0 N–H and O–H groups in total. The minimum atomic E-state index is -2.21. The number of amides is 1. The molecule has 388 valence electrons. The first-order valence-electron chi connectivity index (χ1n) is 26.9. The Morgan fingerprint density at radius 3 is 1.94 bits per heavy atom. The average molecular weight is 994 g/mol. The maximum atomic E-state index is 14.0. The summed E-state index contributed by atoms with van der Waals surface area (Å²) in [6.07, 6.45) is 10.6. The Kier molecular flexibility index (Phi) is 24.3. The van der Waals surface area contributed by atoms with Crippen LogP contribution in [0, 0.1) is 5.92 Å². The Bertz CT molecular complexity index is 1580. The highest BCUT2D eigenvalue weighted by Crippen LogP contribution is 2.50. The minimum absolute atomic E-state index is 0.0255. The van der Waals surface area contributed by atoms with Crippen LogP contribution in [0.2, 0.25) is 54.4 Å². The molecule has 11 nitrogen and oxygen atoms in total. The summed E-state index contributed by atoms with van der Waals surface area (Å²) in [4.78, 5) is 31.5. The van der Waals surface area contributed by atoms with Crippen LogP contribution in [0.3, 0.4) is 0 Å². The van der Waals surface area contributed by atoms with Crippen LogP contribution >= 0.6 is 0 Å². The zero-order chi connectivity index (χ0) is 50.2. The zero-order valence-corrected chi connectivity index (χ0v) is 48.9. The number of allylic oxidation sites excluding steroid dienone is 2. The van der Waals surface area contributed by atoms with Gasteiger partial charge in [-0.25, -0.2) is 4.79 Å². The number of rotatable bonds is 25. The van der Waals surface area contributed by atoms with Crippen molar-refractivity contribution in [2.45, 2.75) is 245 Å². The Morgan fingerprint density at radius 1 is 0.851 bits per heavy atom. The highest BCUT2D eigenvalue weighted by atomic mass is 28.4. The molecule has 0 aromatic rings. The van der Waals surface area contributed by atoms with Crippen molar-refractivity contribution in [2.24, 2.45) is 5.92 Å². The van der Waals surface area contributed by atoms with E-state index >= 15 is 0 Å². The van der Waals surface area contributed by atoms with Gasteiger partial charge in [-0.3, -0.25) is 4.79 Å². The summed E-state index contributed by atoms with van der Waals surface area (Å²) < 4.78 is 47.8. The van der Waals surface area contributed by atoms with Gasteiger partial charge in [0, 0.05) is 51.7 Å². The third-order valence-corrected chi connectivity index (χ3v) is 31.3. The predicted molar refractivity (Wildman–Crippen MR) is 283 cm³/mol. The molecule has 3 rings (SSSR count). The molecule has 1 amide bonds. The van der Waals surface area contributed by atoms with Crippen molar-refractivity contribution >= 4 is 37.0 Å². The molecule has 3 aliphatic rings. The molecule has 0 bridgehead atoms. The van der Waals surface area contributed by atoms with Crippen LogP contribution in [-0.4, -0.2) is 135 Å². The van der Waals surface area contributed by atoms with Crippen molar-refractivity contribution in [2.75, 3.05) is 40.3 Å². The van der Waals surface area contributed by atoms with Crippen LogP contribution in [0.4, 0.5) is 4.79 Å². The maximum absolute atomic E-state index is 14.0. The lowest BCUT2D eigenvalue weighted by Gasteiger charge is -2.48. The Labute approximate surface area is 413 Å². The van der Waals surface area contributed by atoms with Gasteiger partial charge in [0.15, 0.2) is 25.0 Å². The topological polar surface area (TPSA) is 109 Å². The molecule has 0 radical (unpaired) electrons. The Morgan fingerprint density at radius 2 is 1.42 bits per heavy atom. The van der Waals surface area contributed by atoms with E-state index in [9.17, 15) is 9.59 Å². The van der Waals surface area contributed by atoms with Gasteiger partial charge in [0.25, 0.3) is 0 Å². The fourth-order valence-corrected chi connectivity index (χ4v) is 19.6. The third kappa shape index (κ3) is 15.4. The fraction of sp³-hybridized carbons (Fsp3) is 0.849. The highest BCUT2D eigenvalue weighted by molar-refractivity contribution is 6.74. The first-order chi connectivity index (χ1) is 31.7. The number of piperazine rings is 1. The minimum Gasteiger partial charge on any atom is -0.457 e. The van der Waals surface area contributed by atoms with E-state index in [0.717, 1.165) is 91.5 Å². The van der Waals surface area contributed by atoms with Crippen LogP contribution in [0.15, 0.2) is 35.5 Å². The first kappa shape index (κ1) is 59.7. The number of likely N-dealkylation sites (N-methyl/N-ethyl adjacent to an activating group) is 1. The van der Waals surface area contributed by atoms with E-state index in [1.54, 1.807) is 7.11 Å². The molecule has 0 unspecified atom stereocenters. The first-order valence-corrected chi connectivity index (χ1v) is 34.5. The zero-order valence-electron chi connectivity index (χ0n) is 45.9. The molecule has 0 aromatic carbocycles. The van der Waals surface area contributed by atoms with Crippen molar-refractivity contribution < 1.29 is 41.8 Å². The number of ether oxygens (including phenoxy) is 4. The second-order valence-corrected chi connectivity index (χ2v) is 34.8. The molecular weight excluding hydrogens is 893 g/mol. The monoisotopic (exact) mass is 993 g/mol. The van der Waals surface area contributed by atoms with Crippen molar-refractivity contribution in [1.82, 2.24) is 9.80 Å². The van der Waals surface area contributed by atoms with E-state index in [1.165, 1.54) is 0 Å². The van der Waals surface area contributed by atoms with Crippen molar-refractivity contribution in [3.8, 4) is 0 Å². The van der Waals surface area contributed by atoms with Gasteiger partial charge in [-0.15, -0.1) is 0 Å². The standard InChI is InChI=1S/C53H100N2O9Si3/c1-18-46(63-66(22-5,23-6)24-7)43(13)49-50(61-49)53(15,58-17)52(14,64-67(25-8,26-9)27-10)35-34-41(11)42(12)47-33-29-31-44(59-51(57)55-38-36-54(16)37-39-55)30-28-32-45(40-48(56)60-47)62-65(19-2,20-3)21-4/h29,31,34-35,43-47,49-50H,18-28,30,32-33,36-40H2,1-17H3/b31-29+,35-34+,42-41+/t43-,44-,45-,46+,47-,49-,50-,52-,53-/m1/s1. The number of cyclic esters (lactones) is 1. The van der Waals surface area contributed by atoms with Crippen molar-refractivity contribution in [3.05, 3.63) is 35.5 Å². The molecule has 0 saturated carbocycles. The molecule has 2 saturated heterocycles. The van der Waals surface area contributed by atoms with E-state index in [1.807, 2.05) is 17.1 Å². The van der Waals surface area contributed by atoms with Gasteiger partial charge < -0.3 is 42.0 Å². The maximum Gasteiger partial charge on any atom is 0.410 e. The van der Waals surface area contributed by atoms with Crippen LogP contribution in [0.5, 0.6) is 0 Å². The van der Waals surface area contributed by atoms with Crippen LogP contribution in [-0.2, 0) is 37.0 Å². The lowest BCUT2D eigenvalue weighted by Crippen LogP contribution is -2.61. The lowest BCUT2D eigenvalue weighted by molar-refractivity contribution is -0.149. The van der Waals surface area contributed by atoms with Gasteiger partial charge in [0.05, 0.1) is 18.6 Å². The quantitative estimate of drug-likeness (QED) is 0.0288. The number of carbonyl (C=O) groups is 2. The second kappa shape index (κ2) is 27.3. The molecule has 2 fully saturated rings. The van der Waals surface area contributed by atoms with Gasteiger partial charge in [-0.05, 0) is 132 Å². The number of methoxy groups -OCH3 is 1. The number of nitrogens with zero attached hydrogens (tertiary/aromatic N) is 2. The van der Waals surface area contributed by atoms with E-state index < -0.39 is 48.4 Å². The molecule has 3 aliphatic heterocycles. The summed E-state index contributed by atoms with van der Waals surface area (Å²) in [6, 6.07) is 9.32. The molecule has 67 heavy (non-hydrogen) atoms. The molecule has 0 aliphatic carbocycles. The number of hydrogen-bond donors (Lipinski definition) is 0. The second-order valence-electron chi connectivity index (χ2n) is 20.6. The molecule has 3 heterocycles. The van der Waals surface area contributed by atoms with Gasteiger partial charge >= 0.3 is 12.1 Å². The molecule has 0 spiro atoms. The van der Waals surface area contributed by atoms with Gasteiger partial charge in [-0.1, -0.05) is 94.4 Å². The van der Waals surface area contributed by atoms with E-state index in [4.69, 9.17) is 32.2 Å². The largest absolute Gasteiger partial charge is 0.457 e. The number of epoxide rings is 1. The van der Waals surface area contributed by atoms with Crippen LogP contribution in [0.25, 0.3) is 0 Å². The molecule has 9 atom stereocenters. The average Bonchev–Trinajstić information content (AvgIpc) is 4.15. The molecular formula is C53H100N2O9Si3. The van der Waals surface area contributed by atoms with Gasteiger partial charge in [-0.2, -0.15) is 0 Å². The third-order valence-electron chi connectivity index (χ3n) is 17.2. The number of hydrogen-bond acceptors (Lipinski definition) is 10. The summed E-state index contributed by atoms with van der Waals surface area (Å²) in [5.74, 6) is -0.0525. The smallest absolute Gasteiger partial charge is 0.410 e. The summed E-state index contributed by atoms with van der Waals surface area (Å²) in [5, 5.41) is 0. The van der Waals surface area contributed by atoms with E-state index in [-0.39, 0.29) is 48.8 Å².